The molecule has 3 N–H and O–H groups in total. The van der Waals surface area contributed by atoms with E-state index in [2.05, 4.69) is 10.2 Å². The molecule has 15 heavy (non-hydrogen) atoms. The molecule has 1 amide bonds. The third-order valence-electron chi connectivity index (χ3n) is 2.71. The first-order valence-corrected chi connectivity index (χ1v) is 5.71. The van der Waals surface area contributed by atoms with Crippen LogP contribution in [0.1, 0.15) is 26.7 Å². The highest BCUT2D eigenvalue weighted by Gasteiger charge is 2.26. The number of hydrogen-bond acceptors (Lipinski definition) is 3. The summed E-state index contributed by atoms with van der Waals surface area (Å²) in [6, 6.07) is 0.621. The fourth-order valence-electron chi connectivity index (χ4n) is 2.05. The van der Waals surface area contributed by atoms with Crippen molar-refractivity contribution >= 4 is 5.91 Å². The highest BCUT2D eigenvalue weighted by atomic mass is 16.2. The predicted octanol–water partition coefficient (Wildman–Crippen LogP) is 0.180. The van der Waals surface area contributed by atoms with Crippen molar-refractivity contribution < 1.29 is 4.79 Å². The molecule has 1 aliphatic rings. The van der Waals surface area contributed by atoms with Crippen LogP contribution in [0.2, 0.25) is 0 Å². The molecule has 0 bridgehead atoms. The van der Waals surface area contributed by atoms with Crippen LogP contribution >= 0.6 is 0 Å². The standard InChI is InChI=1S/C11H23N3O/c1-8(2)13-11(15)7-14(3)6-9-4-10(12)5-9/h8-10H,4-7,12H2,1-3H3,(H,13,15). The van der Waals surface area contributed by atoms with Crippen molar-refractivity contribution in [2.24, 2.45) is 11.7 Å². The first-order valence-electron chi connectivity index (χ1n) is 5.71. The van der Waals surface area contributed by atoms with Crippen molar-refractivity contribution in [2.75, 3.05) is 20.1 Å². The zero-order chi connectivity index (χ0) is 11.4. The van der Waals surface area contributed by atoms with Crippen LogP contribution in [0.25, 0.3) is 0 Å². The van der Waals surface area contributed by atoms with E-state index >= 15 is 0 Å². The molecule has 0 unspecified atom stereocenters. The van der Waals surface area contributed by atoms with Crippen molar-refractivity contribution in [2.45, 2.75) is 38.8 Å². The third-order valence-corrected chi connectivity index (χ3v) is 2.71. The fraction of sp³-hybridized carbons (Fsp3) is 0.909. The van der Waals surface area contributed by atoms with E-state index in [1.54, 1.807) is 0 Å². The molecule has 0 aromatic rings. The quantitative estimate of drug-likeness (QED) is 0.685. The van der Waals surface area contributed by atoms with E-state index < -0.39 is 0 Å². The first-order chi connectivity index (χ1) is 6.97. The van der Waals surface area contributed by atoms with Crippen LogP contribution in [-0.2, 0) is 4.79 Å². The summed E-state index contributed by atoms with van der Waals surface area (Å²) in [7, 11) is 1.99. The van der Waals surface area contributed by atoms with Gasteiger partial charge in [0.1, 0.15) is 0 Å². The molecule has 0 aromatic carbocycles. The van der Waals surface area contributed by atoms with Gasteiger partial charge in [-0.2, -0.15) is 0 Å². The largest absolute Gasteiger partial charge is 0.353 e. The van der Waals surface area contributed by atoms with Crippen molar-refractivity contribution in [1.29, 1.82) is 0 Å². The number of nitrogens with one attached hydrogen (secondary N) is 1. The second-order valence-corrected chi connectivity index (χ2v) is 5.02. The molecule has 0 aliphatic heterocycles. The molecule has 4 nitrogen and oxygen atoms in total. The molecule has 0 atom stereocenters. The van der Waals surface area contributed by atoms with Gasteiger partial charge in [-0.05, 0) is 39.7 Å². The number of amides is 1. The van der Waals surface area contributed by atoms with Gasteiger partial charge in [0.2, 0.25) is 5.91 Å². The number of carbonyl (C=O) groups excluding carboxylic acids is 1. The van der Waals surface area contributed by atoms with Gasteiger partial charge in [-0.1, -0.05) is 0 Å². The van der Waals surface area contributed by atoms with E-state index in [9.17, 15) is 4.79 Å². The lowest BCUT2D eigenvalue weighted by molar-refractivity contribution is -0.122. The Bertz CT molecular complexity index is 212. The van der Waals surface area contributed by atoms with Crippen LogP contribution in [0.4, 0.5) is 0 Å². The van der Waals surface area contributed by atoms with Gasteiger partial charge in [-0.25, -0.2) is 0 Å². The summed E-state index contributed by atoms with van der Waals surface area (Å²) in [5.74, 6) is 0.799. The van der Waals surface area contributed by atoms with Crippen LogP contribution in [0.15, 0.2) is 0 Å². The van der Waals surface area contributed by atoms with Gasteiger partial charge in [-0.3, -0.25) is 9.69 Å². The number of nitrogens with two attached hydrogens (primary N) is 1. The Morgan fingerprint density at radius 2 is 2.13 bits per heavy atom. The van der Waals surface area contributed by atoms with E-state index in [1.807, 2.05) is 20.9 Å². The van der Waals surface area contributed by atoms with E-state index in [0.717, 1.165) is 19.4 Å². The number of carbonyl (C=O) groups is 1. The summed E-state index contributed by atoms with van der Waals surface area (Å²) < 4.78 is 0. The lowest BCUT2D eigenvalue weighted by atomic mass is 9.81. The van der Waals surface area contributed by atoms with Crippen molar-refractivity contribution in [3.63, 3.8) is 0 Å². The topological polar surface area (TPSA) is 58.4 Å². The molecular weight excluding hydrogens is 190 g/mol. The van der Waals surface area contributed by atoms with Crippen LogP contribution in [0, 0.1) is 5.92 Å². The van der Waals surface area contributed by atoms with E-state index in [4.69, 9.17) is 5.73 Å². The highest BCUT2D eigenvalue weighted by Crippen LogP contribution is 2.25. The fourth-order valence-corrected chi connectivity index (χ4v) is 2.05. The Hall–Kier alpha value is -0.610. The van der Waals surface area contributed by atoms with E-state index in [-0.39, 0.29) is 11.9 Å². The minimum Gasteiger partial charge on any atom is -0.353 e. The summed E-state index contributed by atoms with van der Waals surface area (Å²) in [6.07, 6.45) is 2.21. The maximum Gasteiger partial charge on any atom is 0.234 e. The number of rotatable bonds is 5. The number of hydrogen-bond donors (Lipinski definition) is 2. The molecule has 0 heterocycles. The summed E-state index contributed by atoms with van der Waals surface area (Å²) in [6.45, 7) is 5.43. The zero-order valence-corrected chi connectivity index (χ0v) is 9.99. The molecule has 0 saturated heterocycles. The Labute approximate surface area is 92.2 Å². The van der Waals surface area contributed by atoms with Crippen molar-refractivity contribution in [3.05, 3.63) is 0 Å². The number of nitrogens with zero attached hydrogens (tertiary/aromatic N) is 1. The Balaban J connectivity index is 2.12. The van der Waals surface area contributed by atoms with E-state index in [1.165, 1.54) is 0 Å². The minimum atomic E-state index is 0.108. The van der Waals surface area contributed by atoms with Gasteiger partial charge >= 0.3 is 0 Å². The van der Waals surface area contributed by atoms with Crippen LogP contribution < -0.4 is 11.1 Å². The minimum absolute atomic E-state index is 0.108. The average molecular weight is 213 g/mol. The van der Waals surface area contributed by atoms with Crippen LogP contribution in [0.3, 0.4) is 0 Å². The molecule has 1 fully saturated rings. The molecule has 1 aliphatic carbocycles. The van der Waals surface area contributed by atoms with E-state index in [0.29, 0.717) is 18.5 Å². The molecular formula is C11H23N3O. The molecule has 88 valence electrons. The van der Waals surface area contributed by atoms with Crippen LogP contribution in [0.5, 0.6) is 0 Å². The summed E-state index contributed by atoms with van der Waals surface area (Å²) >= 11 is 0. The second-order valence-electron chi connectivity index (χ2n) is 5.02. The third kappa shape index (κ3) is 4.62. The lowest BCUT2D eigenvalue weighted by Gasteiger charge is -2.35. The molecule has 4 heteroatoms. The molecule has 1 rings (SSSR count). The SMILES string of the molecule is CC(C)NC(=O)CN(C)CC1CC(N)C1. The monoisotopic (exact) mass is 213 g/mol. The Morgan fingerprint density at radius 3 is 2.60 bits per heavy atom. The van der Waals surface area contributed by atoms with Gasteiger partial charge in [-0.15, -0.1) is 0 Å². The average Bonchev–Trinajstić information content (AvgIpc) is 1.98. The van der Waals surface area contributed by atoms with Crippen molar-refractivity contribution in [1.82, 2.24) is 10.2 Å². The predicted molar refractivity (Wildman–Crippen MR) is 61.5 cm³/mol. The first kappa shape index (κ1) is 12.5. The smallest absolute Gasteiger partial charge is 0.234 e. The zero-order valence-electron chi connectivity index (χ0n) is 9.99. The van der Waals surface area contributed by atoms with Crippen LogP contribution in [-0.4, -0.2) is 43.0 Å². The van der Waals surface area contributed by atoms with Gasteiger partial charge in [0.25, 0.3) is 0 Å². The maximum absolute atomic E-state index is 11.4. The van der Waals surface area contributed by atoms with Gasteiger partial charge in [0, 0.05) is 18.6 Å². The van der Waals surface area contributed by atoms with Gasteiger partial charge < -0.3 is 11.1 Å². The summed E-state index contributed by atoms with van der Waals surface area (Å²) in [4.78, 5) is 13.5. The van der Waals surface area contributed by atoms with Crippen molar-refractivity contribution in [3.8, 4) is 0 Å². The van der Waals surface area contributed by atoms with Gasteiger partial charge in [0.05, 0.1) is 6.54 Å². The molecule has 0 spiro atoms. The maximum atomic E-state index is 11.4. The summed E-state index contributed by atoms with van der Waals surface area (Å²) in [5, 5.41) is 2.89. The molecule has 0 radical (unpaired) electrons. The number of likely N-dealkylation sites (N-methyl/N-ethyl adjacent to an activating group) is 1. The Morgan fingerprint density at radius 1 is 1.53 bits per heavy atom. The Kier molecular flexibility index (Phi) is 4.54. The second kappa shape index (κ2) is 5.47. The summed E-state index contributed by atoms with van der Waals surface area (Å²) in [5.41, 5.74) is 5.71. The normalized spacial score (nSPS) is 25.5. The lowest BCUT2D eigenvalue weighted by Crippen LogP contribution is -2.45. The van der Waals surface area contributed by atoms with Gasteiger partial charge in [0.15, 0.2) is 0 Å². The highest BCUT2D eigenvalue weighted by molar-refractivity contribution is 5.78. The molecule has 0 aromatic heterocycles. The molecule has 1 saturated carbocycles.